The number of carboxylic acid groups (broad SMARTS) is 2. The molecule has 1 unspecified atom stereocenters. The van der Waals surface area contributed by atoms with Crippen LogP contribution in [0, 0.1) is 0 Å². The topological polar surface area (TPSA) is 116 Å². The Morgan fingerprint density at radius 3 is 2.29 bits per heavy atom. The number of carboxylic acids is 2. The van der Waals surface area contributed by atoms with E-state index in [1.165, 1.54) is 0 Å². The van der Waals surface area contributed by atoms with Gasteiger partial charge in [0.2, 0.25) is 0 Å². The molecule has 4 N–H and O–H groups in total. The number of rotatable bonds is 7. The highest BCUT2D eigenvalue weighted by atomic mass is 35.5. The van der Waals surface area contributed by atoms with E-state index in [9.17, 15) is 14.4 Å². The fourth-order valence-corrected chi connectivity index (χ4v) is 1.68. The molecule has 1 aromatic carbocycles. The monoisotopic (exact) mass is 314 g/mol. The van der Waals surface area contributed by atoms with Gasteiger partial charge in [0, 0.05) is 11.6 Å². The zero-order chi connectivity index (χ0) is 15.8. The van der Waals surface area contributed by atoms with E-state index in [0.717, 1.165) is 5.56 Å². The van der Waals surface area contributed by atoms with Crippen molar-refractivity contribution < 1.29 is 24.6 Å². The fourth-order valence-electron chi connectivity index (χ4n) is 1.56. The summed E-state index contributed by atoms with van der Waals surface area (Å²) in [6.07, 6.45) is -0.138. The number of hydrogen-bond acceptors (Lipinski definition) is 3. The predicted molar refractivity (Wildman–Crippen MR) is 75.4 cm³/mol. The van der Waals surface area contributed by atoms with Crippen LogP contribution in [0.3, 0.4) is 0 Å². The second-order valence-electron chi connectivity index (χ2n) is 4.27. The Labute approximate surface area is 125 Å². The third-order valence-electron chi connectivity index (χ3n) is 2.59. The summed E-state index contributed by atoms with van der Waals surface area (Å²) in [6, 6.07) is 4.89. The summed E-state index contributed by atoms with van der Waals surface area (Å²) in [7, 11) is 0. The van der Waals surface area contributed by atoms with E-state index in [-0.39, 0.29) is 6.54 Å². The molecule has 1 rings (SSSR count). The van der Waals surface area contributed by atoms with E-state index in [2.05, 4.69) is 10.6 Å². The van der Waals surface area contributed by atoms with Gasteiger partial charge < -0.3 is 20.8 Å². The van der Waals surface area contributed by atoms with Crippen molar-refractivity contribution in [1.29, 1.82) is 0 Å². The lowest BCUT2D eigenvalue weighted by Gasteiger charge is -2.13. The standard InChI is InChI=1S/C13H15ClN2O5/c14-9-3-1-8(2-4-9)5-6-15-13(21)16-10(12(19)20)7-11(17)18/h1-4,10H,5-7H2,(H,17,18)(H,19,20)(H2,15,16,21). The minimum Gasteiger partial charge on any atom is -0.481 e. The van der Waals surface area contributed by atoms with Crippen LogP contribution < -0.4 is 10.6 Å². The summed E-state index contributed by atoms with van der Waals surface area (Å²) in [6.45, 7) is 0.285. The van der Waals surface area contributed by atoms with E-state index in [4.69, 9.17) is 21.8 Å². The summed E-state index contributed by atoms with van der Waals surface area (Å²) in [4.78, 5) is 32.7. The van der Waals surface area contributed by atoms with E-state index in [1.807, 2.05) is 12.1 Å². The quantitative estimate of drug-likeness (QED) is 0.601. The maximum Gasteiger partial charge on any atom is 0.326 e. The zero-order valence-corrected chi connectivity index (χ0v) is 11.8. The van der Waals surface area contributed by atoms with Crippen LogP contribution in [0.25, 0.3) is 0 Å². The molecule has 0 fully saturated rings. The molecule has 1 atom stereocenters. The third kappa shape index (κ3) is 6.62. The maximum absolute atomic E-state index is 11.5. The number of carbonyl (C=O) groups is 3. The molecule has 0 aromatic heterocycles. The van der Waals surface area contributed by atoms with Crippen molar-refractivity contribution >= 4 is 29.6 Å². The van der Waals surface area contributed by atoms with Crippen LogP contribution in [-0.4, -0.2) is 40.8 Å². The van der Waals surface area contributed by atoms with Crippen molar-refractivity contribution in [3.05, 3.63) is 34.9 Å². The van der Waals surface area contributed by atoms with E-state index in [0.29, 0.717) is 11.4 Å². The number of nitrogens with one attached hydrogen (secondary N) is 2. The number of hydrogen-bond donors (Lipinski definition) is 4. The molecule has 0 saturated heterocycles. The van der Waals surface area contributed by atoms with Gasteiger partial charge in [0.1, 0.15) is 6.04 Å². The molecular formula is C13H15ClN2O5. The summed E-state index contributed by atoms with van der Waals surface area (Å²) >= 11 is 5.74. The number of amides is 2. The minimum atomic E-state index is -1.46. The Morgan fingerprint density at radius 2 is 1.76 bits per heavy atom. The molecule has 8 heteroatoms. The van der Waals surface area contributed by atoms with Crippen LogP contribution in [-0.2, 0) is 16.0 Å². The summed E-state index contributed by atoms with van der Waals surface area (Å²) in [5, 5.41) is 22.5. The number of aliphatic carboxylic acids is 2. The molecule has 0 bridgehead atoms. The molecule has 0 saturated carbocycles. The van der Waals surface area contributed by atoms with E-state index < -0.39 is 30.4 Å². The van der Waals surface area contributed by atoms with Crippen LogP contribution >= 0.6 is 11.6 Å². The predicted octanol–water partition coefficient (Wildman–Crippen LogP) is 1.11. The van der Waals surface area contributed by atoms with E-state index in [1.54, 1.807) is 12.1 Å². The highest BCUT2D eigenvalue weighted by Gasteiger charge is 2.22. The van der Waals surface area contributed by atoms with Gasteiger partial charge in [-0.2, -0.15) is 0 Å². The van der Waals surface area contributed by atoms with Gasteiger partial charge in [-0.3, -0.25) is 4.79 Å². The first-order valence-electron chi connectivity index (χ1n) is 6.12. The third-order valence-corrected chi connectivity index (χ3v) is 2.85. The average molecular weight is 315 g/mol. The Morgan fingerprint density at radius 1 is 1.14 bits per heavy atom. The van der Waals surface area contributed by atoms with Crippen LogP contribution in [0.15, 0.2) is 24.3 Å². The highest BCUT2D eigenvalue weighted by Crippen LogP contribution is 2.09. The molecule has 0 aliphatic carbocycles. The Kier molecular flexibility index (Phi) is 6.48. The van der Waals surface area contributed by atoms with Crippen molar-refractivity contribution in [3.63, 3.8) is 0 Å². The fraction of sp³-hybridized carbons (Fsp3) is 0.308. The molecule has 114 valence electrons. The van der Waals surface area contributed by atoms with Gasteiger partial charge in [0.05, 0.1) is 6.42 Å². The van der Waals surface area contributed by atoms with Crippen LogP contribution in [0.5, 0.6) is 0 Å². The molecule has 2 amide bonds. The first kappa shape index (κ1) is 16.8. The lowest BCUT2D eigenvalue weighted by atomic mass is 10.1. The van der Waals surface area contributed by atoms with Crippen molar-refractivity contribution in [2.24, 2.45) is 0 Å². The lowest BCUT2D eigenvalue weighted by Crippen LogP contribution is -2.47. The Bertz CT molecular complexity index is 518. The van der Waals surface area contributed by atoms with Crippen LogP contribution in [0.1, 0.15) is 12.0 Å². The molecule has 0 aliphatic rings. The van der Waals surface area contributed by atoms with Crippen molar-refractivity contribution in [2.45, 2.75) is 18.9 Å². The molecular weight excluding hydrogens is 300 g/mol. The first-order chi connectivity index (χ1) is 9.88. The number of carbonyl (C=O) groups excluding carboxylic acids is 1. The van der Waals surface area contributed by atoms with Crippen molar-refractivity contribution in [1.82, 2.24) is 10.6 Å². The minimum absolute atomic E-state index is 0.285. The zero-order valence-electron chi connectivity index (χ0n) is 11.0. The largest absolute Gasteiger partial charge is 0.481 e. The second-order valence-corrected chi connectivity index (χ2v) is 4.70. The van der Waals surface area contributed by atoms with Crippen molar-refractivity contribution in [3.8, 4) is 0 Å². The van der Waals surface area contributed by atoms with Gasteiger partial charge in [0.25, 0.3) is 0 Å². The molecule has 0 spiro atoms. The summed E-state index contributed by atoms with van der Waals surface area (Å²) in [5.41, 5.74) is 0.958. The normalized spacial score (nSPS) is 11.5. The van der Waals surface area contributed by atoms with Gasteiger partial charge >= 0.3 is 18.0 Å². The number of urea groups is 1. The summed E-state index contributed by atoms with van der Waals surface area (Å²) < 4.78 is 0. The SMILES string of the molecule is O=C(O)CC(NC(=O)NCCc1ccc(Cl)cc1)C(=O)O. The maximum atomic E-state index is 11.5. The number of halogens is 1. The highest BCUT2D eigenvalue weighted by molar-refractivity contribution is 6.30. The molecule has 0 aliphatic heterocycles. The summed E-state index contributed by atoms with van der Waals surface area (Å²) in [5.74, 6) is -2.70. The van der Waals surface area contributed by atoms with Gasteiger partial charge in [-0.15, -0.1) is 0 Å². The molecule has 0 heterocycles. The number of benzene rings is 1. The molecule has 1 aromatic rings. The molecule has 0 radical (unpaired) electrons. The Balaban J connectivity index is 2.37. The van der Waals surface area contributed by atoms with Gasteiger partial charge in [-0.25, -0.2) is 9.59 Å². The molecule has 21 heavy (non-hydrogen) atoms. The Hall–Kier alpha value is -2.28. The van der Waals surface area contributed by atoms with E-state index >= 15 is 0 Å². The smallest absolute Gasteiger partial charge is 0.326 e. The van der Waals surface area contributed by atoms with Crippen LogP contribution in [0.4, 0.5) is 4.79 Å². The molecule has 7 nitrogen and oxygen atoms in total. The van der Waals surface area contributed by atoms with Gasteiger partial charge in [-0.05, 0) is 24.1 Å². The first-order valence-corrected chi connectivity index (χ1v) is 6.49. The van der Waals surface area contributed by atoms with Gasteiger partial charge in [0.15, 0.2) is 0 Å². The van der Waals surface area contributed by atoms with Crippen molar-refractivity contribution in [2.75, 3.05) is 6.54 Å². The van der Waals surface area contributed by atoms with Crippen LogP contribution in [0.2, 0.25) is 5.02 Å². The second kappa shape index (κ2) is 8.11. The lowest BCUT2D eigenvalue weighted by molar-refractivity contribution is -0.145. The average Bonchev–Trinajstić information content (AvgIpc) is 2.39. The van der Waals surface area contributed by atoms with Gasteiger partial charge in [-0.1, -0.05) is 23.7 Å².